The van der Waals surface area contributed by atoms with Crippen molar-refractivity contribution in [3.8, 4) is 0 Å². The molecule has 0 amide bonds. The standard InChI is InChI=1S/C12H8Br2ClFN2/c13-8-4-11(12(15)18-6-8)17-5-7-1-2-10(16)9(14)3-7/h1-4,6,17H,5H2. The number of aromatic nitrogens is 1. The molecule has 18 heavy (non-hydrogen) atoms. The highest BCUT2D eigenvalue weighted by molar-refractivity contribution is 9.10. The smallest absolute Gasteiger partial charge is 0.152 e. The van der Waals surface area contributed by atoms with E-state index < -0.39 is 0 Å². The van der Waals surface area contributed by atoms with Crippen LogP contribution in [0.2, 0.25) is 5.15 Å². The number of hydrogen-bond acceptors (Lipinski definition) is 2. The number of rotatable bonds is 3. The summed E-state index contributed by atoms with van der Waals surface area (Å²) >= 11 is 12.4. The van der Waals surface area contributed by atoms with Gasteiger partial charge >= 0.3 is 0 Å². The van der Waals surface area contributed by atoms with Crippen molar-refractivity contribution in [2.45, 2.75) is 6.54 Å². The number of pyridine rings is 1. The van der Waals surface area contributed by atoms with Crippen molar-refractivity contribution in [3.05, 3.63) is 55.9 Å². The maximum Gasteiger partial charge on any atom is 0.152 e. The van der Waals surface area contributed by atoms with Gasteiger partial charge in [0.25, 0.3) is 0 Å². The molecule has 0 fully saturated rings. The van der Waals surface area contributed by atoms with Gasteiger partial charge < -0.3 is 5.32 Å². The number of hydrogen-bond donors (Lipinski definition) is 1. The molecule has 1 aromatic carbocycles. The molecule has 2 nitrogen and oxygen atoms in total. The molecule has 0 radical (unpaired) electrons. The fraction of sp³-hybridized carbons (Fsp3) is 0.0833. The third-order valence-corrected chi connectivity index (χ3v) is 3.62. The van der Waals surface area contributed by atoms with Gasteiger partial charge in [-0.05, 0) is 55.6 Å². The quantitative estimate of drug-likeness (QED) is 0.740. The normalized spacial score (nSPS) is 10.4. The third-order valence-electron chi connectivity index (χ3n) is 2.27. The third kappa shape index (κ3) is 3.43. The van der Waals surface area contributed by atoms with Crippen LogP contribution in [-0.2, 0) is 6.54 Å². The Bertz CT molecular complexity index is 578. The molecule has 0 saturated carbocycles. The van der Waals surface area contributed by atoms with E-state index in [-0.39, 0.29) is 5.82 Å². The predicted molar refractivity (Wildman–Crippen MR) is 78.4 cm³/mol. The van der Waals surface area contributed by atoms with Crippen molar-refractivity contribution in [2.75, 3.05) is 5.32 Å². The molecule has 0 atom stereocenters. The Labute approximate surface area is 126 Å². The molecule has 0 aliphatic carbocycles. The number of benzene rings is 1. The van der Waals surface area contributed by atoms with E-state index in [1.54, 1.807) is 18.3 Å². The topological polar surface area (TPSA) is 24.9 Å². The molecule has 0 saturated heterocycles. The van der Waals surface area contributed by atoms with Crippen LogP contribution in [0.4, 0.5) is 10.1 Å². The Morgan fingerprint density at radius 2 is 2.06 bits per heavy atom. The molecule has 0 aliphatic rings. The number of anilines is 1. The van der Waals surface area contributed by atoms with E-state index in [1.165, 1.54) is 6.07 Å². The summed E-state index contributed by atoms with van der Waals surface area (Å²) < 4.78 is 14.4. The molecule has 1 aromatic heterocycles. The summed E-state index contributed by atoms with van der Waals surface area (Å²) in [5, 5.41) is 3.55. The Morgan fingerprint density at radius 3 is 2.78 bits per heavy atom. The van der Waals surface area contributed by atoms with Gasteiger partial charge in [0.2, 0.25) is 0 Å². The SMILES string of the molecule is Fc1ccc(CNc2cc(Br)cnc2Cl)cc1Br. The van der Waals surface area contributed by atoms with Crippen LogP contribution in [-0.4, -0.2) is 4.98 Å². The molecule has 1 N–H and O–H groups in total. The first-order valence-electron chi connectivity index (χ1n) is 5.05. The molecule has 0 unspecified atom stereocenters. The van der Waals surface area contributed by atoms with Crippen LogP contribution in [0.15, 0.2) is 39.4 Å². The molecule has 0 bridgehead atoms. The van der Waals surface area contributed by atoms with Gasteiger partial charge in [-0.2, -0.15) is 0 Å². The van der Waals surface area contributed by atoms with E-state index in [9.17, 15) is 4.39 Å². The van der Waals surface area contributed by atoms with Crippen LogP contribution in [0.25, 0.3) is 0 Å². The minimum atomic E-state index is -0.277. The lowest BCUT2D eigenvalue weighted by Gasteiger charge is -2.08. The Morgan fingerprint density at radius 1 is 1.28 bits per heavy atom. The monoisotopic (exact) mass is 392 g/mol. The molecular weight excluding hydrogens is 386 g/mol. The first-order chi connectivity index (χ1) is 8.56. The Balaban J connectivity index is 2.11. The highest BCUT2D eigenvalue weighted by Crippen LogP contribution is 2.24. The van der Waals surface area contributed by atoms with E-state index in [0.29, 0.717) is 16.2 Å². The Kier molecular flexibility index (Phi) is 4.59. The molecular formula is C12H8Br2ClFN2. The zero-order valence-corrected chi connectivity index (χ0v) is 13.0. The van der Waals surface area contributed by atoms with Crippen molar-refractivity contribution in [1.82, 2.24) is 4.98 Å². The van der Waals surface area contributed by atoms with Crippen LogP contribution in [0.1, 0.15) is 5.56 Å². The fourth-order valence-electron chi connectivity index (χ4n) is 1.39. The highest BCUT2D eigenvalue weighted by atomic mass is 79.9. The second-order valence-corrected chi connectivity index (χ2v) is 5.72. The molecule has 94 valence electrons. The summed E-state index contributed by atoms with van der Waals surface area (Å²) in [4.78, 5) is 4.01. The maximum absolute atomic E-state index is 13.1. The molecule has 0 aliphatic heterocycles. The molecule has 2 aromatic rings. The lowest BCUT2D eigenvalue weighted by molar-refractivity contribution is 0.620. The average Bonchev–Trinajstić information content (AvgIpc) is 2.34. The minimum absolute atomic E-state index is 0.277. The number of halogens is 4. The van der Waals surface area contributed by atoms with Gasteiger partial charge in [-0.25, -0.2) is 9.37 Å². The molecule has 6 heteroatoms. The number of nitrogens with zero attached hydrogens (tertiary/aromatic N) is 1. The second-order valence-electron chi connectivity index (χ2n) is 3.59. The lowest BCUT2D eigenvalue weighted by atomic mass is 10.2. The average molecular weight is 394 g/mol. The van der Waals surface area contributed by atoms with Gasteiger partial charge in [-0.3, -0.25) is 0 Å². The largest absolute Gasteiger partial charge is 0.378 e. The number of nitrogens with one attached hydrogen (secondary N) is 1. The summed E-state index contributed by atoms with van der Waals surface area (Å²) in [6.07, 6.45) is 1.63. The second kappa shape index (κ2) is 5.99. The fourth-order valence-corrected chi connectivity index (χ4v) is 2.32. The van der Waals surface area contributed by atoms with Crippen LogP contribution < -0.4 is 5.32 Å². The van der Waals surface area contributed by atoms with Crippen LogP contribution in [0.3, 0.4) is 0 Å². The minimum Gasteiger partial charge on any atom is -0.378 e. The van der Waals surface area contributed by atoms with Crippen molar-refractivity contribution in [3.63, 3.8) is 0 Å². The van der Waals surface area contributed by atoms with Crippen LogP contribution in [0, 0.1) is 5.82 Å². The van der Waals surface area contributed by atoms with E-state index in [2.05, 4.69) is 42.2 Å². The van der Waals surface area contributed by atoms with Gasteiger partial charge in [0.1, 0.15) is 5.82 Å². The molecule has 1 heterocycles. The predicted octanol–water partition coefficient (Wildman–Crippen LogP) is 5.01. The van der Waals surface area contributed by atoms with E-state index in [1.807, 2.05) is 6.07 Å². The molecule has 0 spiro atoms. The maximum atomic E-state index is 13.1. The van der Waals surface area contributed by atoms with Crippen molar-refractivity contribution < 1.29 is 4.39 Å². The lowest BCUT2D eigenvalue weighted by Crippen LogP contribution is -2.01. The van der Waals surface area contributed by atoms with E-state index in [0.717, 1.165) is 15.7 Å². The van der Waals surface area contributed by atoms with E-state index in [4.69, 9.17) is 11.6 Å². The van der Waals surface area contributed by atoms with Crippen LogP contribution >= 0.6 is 43.5 Å². The summed E-state index contributed by atoms with van der Waals surface area (Å²) in [5.74, 6) is -0.277. The van der Waals surface area contributed by atoms with Gasteiger partial charge in [-0.15, -0.1) is 0 Å². The first-order valence-corrected chi connectivity index (χ1v) is 7.01. The van der Waals surface area contributed by atoms with Gasteiger partial charge in [0, 0.05) is 17.2 Å². The van der Waals surface area contributed by atoms with Gasteiger partial charge in [0.05, 0.1) is 10.2 Å². The van der Waals surface area contributed by atoms with Gasteiger partial charge in [0.15, 0.2) is 5.15 Å². The van der Waals surface area contributed by atoms with Crippen molar-refractivity contribution >= 4 is 49.1 Å². The summed E-state index contributed by atoms with van der Waals surface area (Å²) in [6.45, 7) is 0.538. The first kappa shape index (κ1) is 13.8. The van der Waals surface area contributed by atoms with Crippen molar-refractivity contribution in [1.29, 1.82) is 0 Å². The zero-order valence-electron chi connectivity index (χ0n) is 9.05. The molecule has 2 rings (SSSR count). The van der Waals surface area contributed by atoms with E-state index >= 15 is 0 Å². The van der Waals surface area contributed by atoms with Crippen LogP contribution in [0.5, 0.6) is 0 Å². The highest BCUT2D eigenvalue weighted by Gasteiger charge is 2.04. The summed E-state index contributed by atoms with van der Waals surface area (Å²) in [5.41, 5.74) is 1.67. The van der Waals surface area contributed by atoms with Crippen molar-refractivity contribution in [2.24, 2.45) is 0 Å². The Hall–Kier alpha value is -0.650. The summed E-state index contributed by atoms with van der Waals surface area (Å²) in [6, 6.07) is 6.70. The zero-order chi connectivity index (χ0) is 13.1. The van der Waals surface area contributed by atoms with Gasteiger partial charge in [-0.1, -0.05) is 17.7 Å². The summed E-state index contributed by atoms with van der Waals surface area (Å²) in [7, 11) is 0.